The normalized spacial score (nSPS) is 13.2. The van der Waals surface area contributed by atoms with Crippen LogP contribution in [0.5, 0.6) is 5.75 Å². The molecule has 1 unspecified atom stereocenters. The molecule has 1 rings (SSSR count). The molecule has 0 bridgehead atoms. The second-order valence-electron chi connectivity index (χ2n) is 6.08. The zero-order chi connectivity index (χ0) is 15.8. The van der Waals surface area contributed by atoms with E-state index in [4.69, 9.17) is 4.74 Å². The monoisotopic (exact) mass is 293 g/mol. The van der Waals surface area contributed by atoms with Gasteiger partial charge in [-0.3, -0.25) is 4.90 Å². The van der Waals surface area contributed by atoms with Crippen molar-refractivity contribution < 1.29 is 9.84 Å². The molecular formula is C18H31NO2. The van der Waals surface area contributed by atoms with Crippen molar-refractivity contribution >= 4 is 0 Å². The van der Waals surface area contributed by atoms with E-state index in [0.717, 1.165) is 30.7 Å². The lowest BCUT2D eigenvalue weighted by Gasteiger charge is -2.33. The SMILES string of the molecule is CCC(CC)N(CC(C)C)CC(O)c1ccccc1OC. The molecule has 0 saturated carbocycles. The van der Waals surface area contributed by atoms with Gasteiger partial charge in [-0.2, -0.15) is 0 Å². The van der Waals surface area contributed by atoms with Crippen molar-refractivity contribution in [3.8, 4) is 5.75 Å². The van der Waals surface area contributed by atoms with Gasteiger partial charge in [0.15, 0.2) is 0 Å². The molecular weight excluding hydrogens is 262 g/mol. The van der Waals surface area contributed by atoms with Gasteiger partial charge in [-0.15, -0.1) is 0 Å². The van der Waals surface area contributed by atoms with Gasteiger partial charge in [-0.1, -0.05) is 45.9 Å². The van der Waals surface area contributed by atoms with Crippen LogP contribution in [0, 0.1) is 5.92 Å². The molecule has 3 heteroatoms. The fourth-order valence-corrected chi connectivity index (χ4v) is 2.91. The van der Waals surface area contributed by atoms with E-state index in [1.807, 2.05) is 24.3 Å². The van der Waals surface area contributed by atoms with Crippen molar-refractivity contribution in [1.82, 2.24) is 4.90 Å². The van der Waals surface area contributed by atoms with Crippen molar-refractivity contribution in [3.63, 3.8) is 0 Å². The van der Waals surface area contributed by atoms with Crippen molar-refractivity contribution in [2.45, 2.75) is 52.7 Å². The summed E-state index contributed by atoms with van der Waals surface area (Å²) in [6.07, 6.45) is 1.71. The highest BCUT2D eigenvalue weighted by atomic mass is 16.5. The van der Waals surface area contributed by atoms with Gasteiger partial charge in [0.2, 0.25) is 0 Å². The largest absolute Gasteiger partial charge is 0.496 e. The molecule has 0 aliphatic heterocycles. The van der Waals surface area contributed by atoms with E-state index >= 15 is 0 Å². The number of hydrogen-bond acceptors (Lipinski definition) is 3. The Balaban J connectivity index is 2.86. The first-order valence-electron chi connectivity index (χ1n) is 8.08. The molecule has 1 aromatic rings. The molecule has 0 amide bonds. The number of rotatable bonds is 9. The molecule has 0 aliphatic carbocycles. The maximum Gasteiger partial charge on any atom is 0.124 e. The van der Waals surface area contributed by atoms with E-state index in [2.05, 4.69) is 32.6 Å². The highest BCUT2D eigenvalue weighted by Crippen LogP contribution is 2.26. The minimum Gasteiger partial charge on any atom is -0.496 e. The number of aliphatic hydroxyl groups excluding tert-OH is 1. The van der Waals surface area contributed by atoms with E-state index in [-0.39, 0.29) is 0 Å². The van der Waals surface area contributed by atoms with Crippen LogP contribution in [0.1, 0.15) is 52.2 Å². The van der Waals surface area contributed by atoms with Gasteiger partial charge in [0.25, 0.3) is 0 Å². The molecule has 0 fully saturated rings. The third-order valence-corrected chi connectivity index (χ3v) is 3.96. The highest BCUT2D eigenvalue weighted by Gasteiger charge is 2.22. The first-order chi connectivity index (χ1) is 10.0. The van der Waals surface area contributed by atoms with Gasteiger partial charge < -0.3 is 9.84 Å². The van der Waals surface area contributed by atoms with E-state index in [1.165, 1.54) is 0 Å². The number of hydrogen-bond donors (Lipinski definition) is 1. The highest BCUT2D eigenvalue weighted by molar-refractivity contribution is 5.35. The van der Waals surface area contributed by atoms with Crippen LogP contribution in [-0.2, 0) is 0 Å². The van der Waals surface area contributed by atoms with Gasteiger partial charge in [0.1, 0.15) is 5.75 Å². The Morgan fingerprint density at radius 3 is 2.24 bits per heavy atom. The summed E-state index contributed by atoms with van der Waals surface area (Å²) in [5.41, 5.74) is 0.875. The van der Waals surface area contributed by atoms with E-state index in [1.54, 1.807) is 7.11 Å². The zero-order valence-corrected chi connectivity index (χ0v) is 14.2. The summed E-state index contributed by atoms with van der Waals surface area (Å²) in [6.45, 7) is 10.6. The number of para-hydroxylation sites is 1. The minimum absolute atomic E-state index is 0.513. The van der Waals surface area contributed by atoms with Gasteiger partial charge in [0.05, 0.1) is 13.2 Å². The molecule has 0 aromatic heterocycles. The quantitative estimate of drug-likeness (QED) is 0.750. The summed E-state index contributed by atoms with van der Waals surface area (Å²) >= 11 is 0. The third-order valence-electron chi connectivity index (χ3n) is 3.96. The van der Waals surface area contributed by atoms with Crippen molar-refractivity contribution in [2.24, 2.45) is 5.92 Å². The molecule has 0 saturated heterocycles. The van der Waals surface area contributed by atoms with Gasteiger partial charge in [-0.25, -0.2) is 0 Å². The van der Waals surface area contributed by atoms with Crippen molar-refractivity contribution in [3.05, 3.63) is 29.8 Å². The van der Waals surface area contributed by atoms with Crippen LogP contribution in [0.4, 0.5) is 0 Å². The number of benzene rings is 1. The first kappa shape index (κ1) is 18.0. The number of ether oxygens (including phenoxy) is 1. The topological polar surface area (TPSA) is 32.7 Å². The van der Waals surface area contributed by atoms with E-state index in [9.17, 15) is 5.11 Å². The van der Waals surface area contributed by atoms with Crippen LogP contribution in [0.25, 0.3) is 0 Å². The third kappa shape index (κ3) is 5.33. The molecule has 3 nitrogen and oxygen atoms in total. The van der Waals surface area contributed by atoms with Crippen molar-refractivity contribution in [1.29, 1.82) is 0 Å². The van der Waals surface area contributed by atoms with Crippen LogP contribution in [0.2, 0.25) is 0 Å². The molecule has 0 radical (unpaired) electrons. The molecule has 0 heterocycles. The Morgan fingerprint density at radius 2 is 1.71 bits per heavy atom. The van der Waals surface area contributed by atoms with Gasteiger partial charge in [0, 0.05) is 24.7 Å². The smallest absolute Gasteiger partial charge is 0.124 e. The van der Waals surface area contributed by atoms with Gasteiger partial charge >= 0.3 is 0 Å². The lowest BCUT2D eigenvalue weighted by atomic mass is 10.0. The number of aliphatic hydroxyl groups is 1. The summed E-state index contributed by atoms with van der Waals surface area (Å²) in [4.78, 5) is 2.42. The Morgan fingerprint density at radius 1 is 1.10 bits per heavy atom. The van der Waals surface area contributed by atoms with Crippen LogP contribution in [-0.4, -0.2) is 36.2 Å². The van der Waals surface area contributed by atoms with Gasteiger partial charge in [-0.05, 0) is 24.8 Å². The predicted octanol–water partition coefficient (Wildman–Crippen LogP) is 3.88. The average molecular weight is 293 g/mol. The summed E-state index contributed by atoms with van der Waals surface area (Å²) in [7, 11) is 1.65. The maximum atomic E-state index is 10.6. The maximum absolute atomic E-state index is 10.6. The summed E-state index contributed by atoms with van der Waals surface area (Å²) in [6, 6.07) is 8.26. The predicted molar refractivity (Wildman–Crippen MR) is 88.7 cm³/mol. The Hall–Kier alpha value is -1.06. The molecule has 120 valence electrons. The fourth-order valence-electron chi connectivity index (χ4n) is 2.91. The molecule has 21 heavy (non-hydrogen) atoms. The second kappa shape index (κ2) is 9.06. The minimum atomic E-state index is -0.513. The number of methoxy groups -OCH3 is 1. The molecule has 1 atom stereocenters. The summed E-state index contributed by atoms with van der Waals surface area (Å²) in [5.74, 6) is 1.36. The Bertz CT molecular complexity index is 402. The molecule has 0 aliphatic rings. The lowest BCUT2D eigenvalue weighted by molar-refractivity contribution is 0.0736. The molecule has 1 aromatic carbocycles. The lowest BCUT2D eigenvalue weighted by Crippen LogP contribution is -2.40. The number of nitrogens with zero attached hydrogens (tertiary/aromatic N) is 1. The zero-order valence-electron chi connectivity index (χ0n) is 14.2. The van der Waals surface area contributed by atoms with Crippen LogP contribution >= 0.6 is 0 Å². The van der Waals surface area contributed by atoms with Crippen LogP contribution in [0.3, 0.4) is 0 Å². The molecule has 0 spiro atoms. The molecule has 1 N–H and O–H groups in total. The summed E-state index contributed by atoms with van der Waals surface area (Å²) < 4.78 is 5.36. The van der Waals surface area contributed by atoms with E-state index in [0.29, 0.717) is 18.5 Å². The van der Waals surface area contributed by atoms with E-state index < -0.39 is 6.10 Å². The Kier molecular flexibility index (Phi) is 7.76. The summed E-state index contributed by atoms with van der Waals surface area (Å²) in [5, 5.41) is 10.6. The first-order valence-corrected chi connectivity index (χ1v) is 8.08. The van der Waals surface area contributed by atoms with Crippen LogP contribution in [0.15, 0.2) is 24.3 Å². The Labute approximate surface area is 129 Å². The average Bonchev–Trinajstić information content (AvgIpc) is 2.47. The second-order valence-corrected chi connectivity index (χ2v) is 6.08. The van der Waals surface area contributed by atoms with Crippen LogP contribution < -0.4 is 4.74 Å². The van der Waals surface area contributed by atoms with Crippen molar-refractivity contribution in [2.75, 3.05) is 20.2 Å². The standard InChI is InChI=1S/C18H31NO2/c1-6-15(7-2)19(12-14(3)4)13-17(20)16-10-8-9-11-18(16)21-5/h8-11,14-15,17,20H,6-7,12-13H2,1-5H3. The fraction of sp³-hybridized carbons (Fsp3) is 0.667.